The lowest BCUT2D eigenvalue weighted by Crippen LogP contribution is -2.67. The maximum absolute atomic E-state index is 5.90. The predicted molar refractivity (Wildman–Crippen MR) is 126 cm³/mol. The highest BCUT2D eigenvalue weighted by Crippen LogP contribution is 2.52. The zero-order valence-corrected chi connectivity index (χ0v) is 20.2. The van der Waals surface area contributed by atoms with Gasteiger partial charge in [-0.1, -0.05) is 13.8 Å². The first kappa shape index (κ1) is 22.6. The molecule has 4 rings (SSSR count). The van der Waals surface area contributed by atoms with Gasteiger partial charge in [-0.3, -0.25) is 4.99 Å². The molecule has 29 heavy (non-hydrogen) atoms. The fraction of sp³-hybridized carbons (Fsp3) is 0.714. The Bertz CT molecular complexity index is 729. The summed E-state index contributed by atoms with van der Waals surface area (Å²) in [6.45, 7) is 10.8. The van der Waals surface area contributed by atoms with E-state index in [0.717, 1.165) is 44.5 Å². The molecule has 1 saturated carbocycles. The average molecular weight is 515 g/mol. The zero-order valence-electron chi connectivity index (χ0n) is 17.9. The Morgan fingerprint density at radius 2 is 2.17 bits per heavy atom. The molecule has 8 heteroatoms. The second-order valence-electron chi connectivity index (χ2n) is 8.76. The van der Waals surface area contributed by atoms with Crippen LogP contribution in [0.25, 0.3) is 0 Å². The standard InChI is InChI=1S/C21H33N5O2.HI/c1-14-13-26(8-10-27-14)17-11-15(5-7-23-17)12-24-20(22-4)25-18-16-6-9-28-19(16)21(18,2)3;/h5,7,11,14,16,18-19H,6,8-10,12-13H2,1-4H3,(H2,22,24,25);1H. The number of pyridine rings is 1. The number of hydrogen-bond acceptors (Lipinski definition) is 5. The van der Waals surface area contributed by atoms with Crippen LogP contribution in [-0.2, 0) is 16.0 Å². The number of ether oxygens (including phenoxy) is 2. The molecule has 4 atom stereocenters. The molecule has 1 aromatic rings. The second kappa shape index (κ2) is 9.34. The lowest BCUT2D eigenvalue weighted by Gasteiger charge is -2.54. The first-order valence-electron chi connectivity index (χ1n) is 10.4. The normalized spacial score (nSPS) is 30.8. The molecule has 162 valence electrons. The van der Waals surface area contributed by atoms with Crippen molar-refractivity contribution in [3.05, 3.63) is 23.9 Å². The summed E-state index contributed by atoms with van der Waals surface area (Å²) in [6.07, 6.45) is 3.64. The third kappa shape index (κ3) is 4.64. The van der Waals surface area contributed by atoms with Gasteiger partial charge in [0, 0.05) is 56.9 Å². The van der Waals surface area contributed by atoms with Crippen molar-refractivity contribution >= 4 is 35.8 Å². The molecule has 2 saturated heterocycles. The molecule has 0 amide bonds. The number of guanidine groups is 1. The quantitative estimate of drug-likeness (QED) is 0.365. The number of hydrogen-bond donors (Lipinski definition) is 2. The lowest BCUT2D eigenvalue weighted by atomic mass is 9.57. The van der Waals surface area contributed by atoms with Gasteiger partial charge >= 0.3 is 0 Å². The number of aliphatic imine (C=N–C) groups is 1. The van der Waals surface area contributed by atoms with E-state index < -0.39 is 0 Å². The third-order valence-electron chi connectivity index (χ3n) is 6.45. The molecular weight excluding hydrogens is 481 g/mol. The number of nitrogens with zero attached hydrogens (tertiary/aromatic N) is 3. The van der Waals surface area contributed by atoms with Gasteiger partial charge in [-0.25, -0.2) is 4.98 Å². The van der Waals surface area contributed by atoms with Crippen LogP contribution in [0.2, 0.25) is 0 Å². The second-order valence-corrected chi connectivity index (χ2v) is 8.76. The Labute approximate surface area is 191 Å². The average Bonchev–Trinajstić information content (AvgIpc) is 3.15. The molecule has 3 aliphatic rings. The Hall–Kier alpha value is -1.13. The van der Waals surface area contributed by atoms with Crippen LogP contribution in [-0.4, -0.2) is 62.5 Å². The van der Waals surface area contributed by atoms with Crippen molar-refractivity contribution in [3.63, 3.8) is 0 Å². The number of fused-ring (bicyclic) bond motifs is 1. The van der Waals surface area contributed by atoms with Crippen molar-refractivity contribution in [2.75, 3.05) is 38.3 Å². The molecule has 0 aromatic carbocycles. The van der Waals surface area contributed by atoms with Crippen LogP contribution in [0.15, 0.2) is 23.3 Å². The van der Waals surface area contributed by atoms with Gasteiger partial charge in [0.1, 0.15) is 5.82 Å². The number of aromatic nitrogens is 1. The van der Waals surface area contributed by atoms with Crippen molar-refractivity contribution in [1.29, 1.82) is 0 Å². The molecule has 0 spiro atoms. The highest BCUT2D eigenvalue weighted by Gasteiger charge is 2.59. The Kier molecular flexibility index (Phi) is 7.27. The van der Waals surface area contributed by atoms with Gasteiger partial charge in [0.05, 0.1) is 18.8 Å². The summed E-state index contributed by atoms with van der Waals surface area (Å²) in [5.74, 6) is 2.45. The molecule has 4 unspecified atom stereocenters. The van der Waals surface area contributed by atoms with Crippen LogP contribution in [0.1, 0.15) is 32.8 Å². The van der Waals surface area contributed by atoms with E-state index in [9.17, 15) is 0 Å². The summed E-state index contributed by atoms with van der Waals surface area (Å²) < 4.78 is 11.5. The fourth-order valence-corrected chi connectivity index (χ4v) is 4.91. The largest absolute Gasteiger partial charge is 0.377 e. The van der Waals surface area contributed by atoms with Crippen molar-refractivity contribution in [2.24, 2.45) is 16.3 Å². The van der Waals surface area contributed by atoms with Crippen molar-refractivity contribution in [2.45, 2.75) is 52.0 Å². The number of halogens is 1. The first-order chi connectivity index (χ1) is 13.5. The van der Waals surface area contributed by atoms with Crippen LogP contribution < -0.4 is 15.5 Å². The van der Waals surface area contributed by atoms with E-state index in [1.165, 1.54) is 5.56 Å². The number of morpholine rings is 1. The Morgan fingerprint density at radius 3 is 2.93 bits per heavy atom. The Morgan fingerprint density at radius 1 is 1.34 bits per heavy atom. The van der Waals surface area contributed by atoms with Crippen molar-refractivity contribution in [3.8, 4) is 0 Å². The molecule has 2 N–H and O–H groups in total. The smallest absolute Gasteiger partial charge is 0.191 e. The summed E-state index contributed by atoms with van der Waals surface area (Å²) in [7, 11) is 1.83. The summed E-state index contributed by atoms with van der Waals surface area (Å²) in [5.41, 5.74) is 1.33. The summed E-state index contributed by atoms with van der Waals surface area (Å²) in [6, 6.07) is 4.61. The summed E-state index contributed by atoms with van der Waals surface area (Å²) in [4.78, 5) is 11.3. The van der Waals surface area contributed by atoms with E-state index in [1.807, 2.05) is 13.2 Å². The summed E-state index contributed by atoms with van der Waals surface area (Å²) >= 11 is 0. The zero-order chi connectivity index (χ0) is 19.7. The summed E-state index contributed by atoms with van der Waals surface area (Å²) in [5, 5.41) is 7.10. The van der Waals surface area contributed by atoms with Gasteiger partial charge in [0.2, 0.25) is 0 Å². The minimum absolute atomic E-state index is 0. The minimum Gasteiger partial charge on any atom is -0.377 e. The molecule has 0 bridgehead atoms. The molecule has 1 aliphatic carbocycles. The monoisotopic (exact) mass is 515 g/mol. The van der Waals surface area contributed by atoms with E-state index >= 15 is 0 Å². The van der Waals surface area contributed by atoms with Gasteiger partial charge in [-0.15, -0.1) is 24.0 Å². The molecule has 1 aromatic heterocycles. The van der Waals surface area contributed by atoms with Gasteiger partial charge < -0.3 is 25.0 Å². The molecule has 3 fully saturated rings. The highest BCUT2D eigenvalue weighted by molar-refractivity contribution is 14.0. The van der Waals surface area contributed by atoms with E-state index in [1.54, 1.807) is 0 Å². The molecule has 0 radical (unpaired) electrons. The number of rotatable bonds is 4. The SMILES string of the molecule is CN=C(NCc1ccnc(N2CCOC(C)C2)c1)NC1C2CCOC2C1(C)C.I. The highest BCUT2D eigenvalue weighted by atomic mass is 127. The molecule has 7 nitrogen and oxygen atoms in total. The van der Waals surface area contributed by atoms with Gasteiger partial charge in [-0.2, -0.15) is 0 Å². The van der Waals surface area contributed by atoms with Crippen LogP contribution in [0, 0.1) is 11.3 Å². The minimum atomic E-state index is 0. The lowest BCUT2D eigenvalue weighted by molar-refractivity contribution is -0.106. The fourth-order valence-electron chi connectivity index (χ4n) is 4.91. The van der Waals surface area contributed by atoms with Crippen molar-refractivity contribution in [1.82, 2.24) is 15.6 Å². The number of anilines is 1. The molecule has 3 heterocycles. The van der Waals surface area contributed by atoms with Crippen LogP contribution in [0.5, 0.6) is 0 Å². The van der Waals surface area contributed by atoms with Crippen molar-refractivity contribution < 1.29 is 9.47 Å². The van der Waals surface area contributed by atoms with Crippen LogP contribution in [0.3, 0.4) is 0 Å². The third-order valence-corrected chi connectivity index (χ3v) is 6.45. The van der Waals surface area contributed by atoms with Crippen LogP contribution >= 0.6 is 24.0 Å². The van der Waals surface area contributed by atoms with E-state index in [0.29, 0.717) is 24.6 Å². The van der Waals surface area contributed by atoms with Gasteiger partial charge in [0.15, 0.2) is 5.96 Å². The predicted octanol–water partition coefficient (Wildman–Crippen LogP) is 2.40. The maximum atomic E-state index is 5.90. The van der Waals surface area contributed by atoms with Crippen LogP contribution in [0.4, 0.5) is 5.82 Å². The Balaban J connectivity index is 0.00000240. The van der Waals surface area contributed by atoms with E-state index in [4.69, 9.17) is 9.47 Å². The molecular formula is C21H34IN5O2. The number of nitrogens with one attached hydrogen (secondary N) is 2. The van der Waals surface area contributed by atoms with Gasteiger partial charge in [0.25, 0.3) is 0 Å². The van der Waals surface area contributed by atoms with Gasteiger partial charge in [-0.05, 0) is 31.0 Å². The maximum Gasteiger partial charge on any atom is 0.191 e. The molecule has 2 aliphatic heterocycles. The topological polar surface area (TPSA) is 71.0 Å². The van der Waals surface area contributed by atoms with E-state index in [2.05, 4.69) is 58.4 Å². The van der Waals surface area contributed by atoms with E-state index in [-0.39, 0.29) is 35.5 Å². The first-order valence-corrected chi connectivity index (χ1v) is 10.4.